The molecular formula is C19H23N3O6S. The first kappa shape index (κ1) is 22.3. The van der Waals surface area contributed by atoms with Crippen LogP contribution in [0.3, 0.4) is 0 Å². The number of aryl methyl sites for hydroxylation is 1. The molecule has 3 N–H and O–H groups in total. The predicted molar refractivity (Wildman–Crippen MR) is 106 cm³/mol. The highest BCUT2D eigenvalue weighted by molar-refractivity contribution is 7.90. The number of nitrogens with zero attached hydrogens (tertiary/aromatic N) is 1. The zero-order valence-corrected chi connectivity index (χ0v) is 16.5. The lowest BCUT2D eigenvalue weighted by molar-refractivity contribution is 0.0981. The monoisotopic (exact) mass is 421 g/mol. The van der Waals surface area contributed by atoms with E-state index in [0.717, 1.165) is 18.2 Å². The molecule has 2 aromatic rings. The van der Waals surface area contributed by atoms with Gasteiger partial charge in [-0.1, -0.05) is 30.3 Å². The molecule has 0 aliphatic carbocycles. The van der Waals surface area contributed by atoms with Crippen molar-refractivity contribution in [1.29, 1.82) is 0 Å². The molecule has 0 saturated heterocycles. The summed E-state index contributed by atoms with van der Waals surface area (Å²) in [6.07, 6.45) is 2.18. The van der Waals surface area contributed by atoms with Crippen LogP contribution in [0.5, 0.6) is 5.88 Å². The van der Waals surface area contributed by atoms with Gasteiger partial charge in [-0.05, 0) is 30.9 Å². The fraction of sp³-hybridized carbons (Fsp3) is 0.316. The number of nitrogens with one attached hydrogen (secondary N) is 2. The number of carbonyl (C=O) groups is 2. The molecule has 0 fully saturated rings. The van der Waals surface area contributed by atoms with Crippen LogP contribution in [-0.2, 0) is 16.4 Å². The lowest BCUT2D eigenvalue weighted by Gasteiger charge is -2.08. The average molecular weight is 421 g/mol. The lowest BCUT2D eigenvalue weighted by Crippen LogP contribution is -2.32. The van der Waals surface area contributed by atoms with Crippen LogP contribution in [0.1, 0.15) is 28.8 Å². The zero-order chi connectivity index (χ0) is 21.1. The van der Waals surface area contributed by atoms with Crippen molar-refractivity contribution in [3.05, 3.63) is 59.8 Å². The molecule has 0 atom stereocenters. The van der Waals surface area contributed by atoms with Gasteiger partial charge < -0.3 is 15.2 Å². The second kappa shape index (κ2) is 11.1. The van der Waals surface area contributed by atoms with Crippen molar-refractivity contribution in [1.82, 2.24) is 15.0 Å². The topological polar surface area (TPSA) is 135 Å². The van der Waals surface area contributed by atoms with Gasteiger partial charge >= 0.3 is 6.09 Å². The number of amides is 2. The van der Waals surface area contributed by atoms with Crippen molar-refractivity contribution in [2.45, 2.75) is 19.3 Å². The molecule has 1 aromatic heterocycles. The minimum absolute atomic E-state index is 0.0148. The largest absolute Gasteiger partial charge is 0.414 e. The van der Waals surface area contributed by atoms with E-state index in [9.17, 15) is 18.0 Å². The molecule has 0 spiro atoms. The van der Waals surface area contributed by atoms with Crippen molar-refractivity contribution in [2.24, 2.45) is 0 Å². The summed E-state index contributed by atoms with van der Waals surface area (Å²) in [6, 6.07) is 12.3. The van der Waals surface area contributed by atoms with Crippen LogP contribution in [0.4, 0.5) is 4.79 Å². The van der Waals surface area contributed by atoms with Crippen LogP contribution in [0.25, 0.3) is 0 Å². The van der Waals surface area contributed by atoms with Crippen LogP contribution in [0.2, 0.25) is 0 Å². The Labute approximate surface area is 169 Å². The molecule has 0 saturated carbocycles. The molecule has 2 rings (SSSR count). The number of pyridine rings is 1. The van der Waals surface area contributed by atoms with Crippen LogP contribution >= 0.6 is 0 Å². The summed E-state index contributed by atoms with van der Waals surface area (Å²) < 4.78 is 31.0. The Morgan fingerprint density at radius 1 is 1.07 bits per heavy atom. The van der Waals surface area contributed by atoms with E-state index in [4.69, 9.17) is 9.84 Å². The van der Waals surface area contributed by atoms with Gasteiger partial charge in [-0.2, -0.15) is 0 Å². The maximum atomic E-state index is 12.1. The molecule has 0 aliphatic rings. The number of aromatic nitrogens is 1. The number of aliphatic hydroxyl groups is 1. The average Bonchev–Trinajstić information content (AvgIpc) is 2.70. The third kappa shape index (κ3) is 8.28. The van der Waals surface area contributed by atoms with Crippen LogP contribution in [0.15, 0.2) is 48.7 Å². The molecule has 2 amide bonds. The Kier molecular flexibility index (Phi) is 8.56. The van der Waals surface area contributed by atoms with Gasteiger partial charge in [-0.25, -0.2) is 22.9 Å². The smallest absolute Gasteiger partial charge is 0.395 e. The summed E-state index contributed by atoms with van der Waals surface area (Å²) >= 11 is 0. The van der Waals surface area contributed by atoms with Gasteiger partial charge in [0, 0.05) is 18.8 Å². The van der Waals surface area contributed by atoms with E-state index in [1.54, 1.807) is 0 Å². The number of hydrogen-bond donors (Lipinski definition) is 3. The third-order valence-corrected chi connectivity index (χ3v) is 5.12. The van der Waals surface area contributed by atoms with Crippen molar-refractivity contribution in [3.8, 4) is 5.88 Å². The molecule has 0 aliphatic heterocycles. The van der Waals surface area contributed by atoms with E-state index in [-0.39, 0.29) is 30.3 Å². The summed E-state index contributed by atoms with van der Waals surface area (Å²) in [7, 11) is -3.77. The molecule has 0 bridgehead atoms. The summed E-state index contributed by atoms with van der Waals surface area (Å²) in [5.41, 5.74) is 1.15. The van der Waals surface area contributed by atoms with E-state index in [1.807, 2.05) is 35.1 Å². The Morgan fingerprint density at radius 3 is 2.48 bits per heavy atom. The highest BCUT2D eigenvalue weighted by Gasteiger charge is 2.16. The number of rotatable bonds is 10. The quantitative estimate of drug-likeness (QED) is 0.491. The minimum Gasteiger partial charge on any atom is -0.395 e. The van der Waals surface area contributed by atoms with Gasteiger partial charge in [0.05, 0.1) is 17.9 Å². The van der Waals surface area contributed by atoms with E-state index in [0.29, 0.717) is 12.8 Å². The molecule has 156 valence electrons. The van der Waals surface area contributed by atoms with Gasteiger partial charge in [-0.3, -0.25) is 4.79 Å². The van der Waals surface area contributed by atoms with Gasteiger partial charge in [0.2, 0.25) is 15.9 Å². The lowest BCUT2D eigenvalue weighted by atomic mass is 10.1. The Morgan fingerprint density at radius 2 is 1.83 bits per heavy atom. The SMILES string of the molecule is O=C(NCCO)Oc1ccc(C(=O)NS(=O)(=O)CCCCc2ccccc2)cn1. The summed E-state index contributed by atoms with van der Waals surface area (Å²) in [5, 5.41) is 10.9. The Bertz CT molecular complexity index is 901. The summed E-state index contributed by atoms with van der Waals surface area (Å²) in [5.74, 6) is -1.04. The van der Waals surface area contributed by atoms with Crippen molar-refractivity contribution >= 4 is 22.0 Å². The Hall–Kier alpha value is -2.98. The van der Waals surface area contributed by atoms with Crippen molar-refractivity contribution in [2.75, 3.05) is 18.9 Å². The highest BCUT2D eigenvalue weighted by atomic mass is 32.2. The maximum absolute atomic E-state index is 12.1. The second-order valence-electron chi connectivity index (χ2n) is 6.12. The summed E-state index contributed by atoms with van der Waals surface area (Å²) in [6.45, 7) is -0.203. The van der Waals surface area contributed by atoms with Crippen LogP contribution in [-0.4, -0.2) is 49.4 Å². The number of hydrogen-bond acceptors (Lipinski definition) is 7. The fourth-order valence-electron chi connectivity index (χ4n) is 2.38. The number of aliphatic hydroxyl groups excluding tert-OH is 1. The molecule has 9 nitrogen and oxygen atoms in total. The number of carbonyl (C=O) groups excluding carboxylic acids is 2. The second-order valence-corrected chi connectivity index (χ2v) is 7.96. The fourth-order valence-corrected chi connectivity index (χ4v) is 3.47. The number of benzene rings is 1. The number of sulfonamides is 1. The van der Waals surface area contributed by atoms with Crippen LogP contribution in [0, 0.1) is 0 Å². The molecule has 0 unspecified atom stereocenters. The van der Waals surface area contributed by atoms with Crippen molar-refractivity contribution < 1.29 is 27.9 Å². The zero-order valence-electron chi connectivity index (χ0n) is 15.7. The van der Waals surface area contributed by atoms with E-state index >= 15 is 0 Å². The third-order valence-electron chi connectivity index (χ3n) is 3.80. The normalized spacial score (nSPS) is 10.9. The number of unbranched alkanes of at least 4 members (excludes halogenated alkanes) is 1. The molecule has 1 aromatic carbocycles. The molecule has 0 radical (unpaired) electrons. The highest BCUT2D eigenvalue weighted by Crippen LogP contribution is 2.09. The first-order valence-electron chi connectivity index (χ1n) is 9.01. The molecular weight excluding hydrogens is 398 g/mol. The minimum atomic E-state index is -3.77. The summed E-state index contributed by atoms with van der Waals surface area (Å²) in [4.78, 5) is 27.2. The molecule has 1 heterocycles. The van der Waals surface area contributed by atoms with Gasteiger partial charge in [0.25, 0.3) is 5.91 Å². The van der Waals surface area contributed by atoms with Gasteiger partial charge in [0.15, 0.2) is 0 Å². The Balaban J connectivity index is 1.79. The first-order valence-corrected chi connectivity index (χ1v) is 10.7. The maximum Gasteiger partial charge on any atom is 0.414 e. The standard InChI is InChI=1S/C19H23N3O6S/c23-12-11-20-19(25)28-17-10-9-16(14-21-17)18(24)22-29(26,27)13-5-4-8-15-6-2-1-3-7-15/h1-3,6-7,9-10,14,23H,4-5,8,11-13H2,(H,20,25)(H,22,24). The van der Waals surface area contributed by atoms with Crippen LogP contribution < -0.4 is 14.8 Å². The first-order chi connectivity index (χ1) is 13.9. The number of ether oxygens (including phenoxy) is 1. The van der Waals surface area contributed by atoms with E-state index in [1.165, 1.54) is 12.1 Å². The predicted octanol–water partition coefficient (Wildman–Crippen LogP) is 1.24. The molecule has 29 heavy (non-hydrogen) atoms. The van der Waals surface area contributed by atoms with Gasteiger partial charge in [-0.15, -0.1) is 0 Å². The van der Waals surface area contributed by atoms with E-state index in [2.05, 4.69) is 10.3 Å². The van der Waals surface area contributed by atoms with Crippen molar-refractivity contribution in [3.63, 3.8) is 0 Å². The van der Waals surface area contributed by atoms with E-state index < -0.39 is 22.0 Å². The van der Waals surface area contributed by atoms with Gasteiger partial charge in [0.1, 0.15) is 0 Å². The molecule has 10 heteroatoms.